The molecule has 0 radical (unpaired) electrons. The molecule has 18 heavy (non-hydrogen) atoms. The number of hydrogen-bond acceptors (Lipinski definition) is 5. The average Bonchev–Trinajstić information content (AvgIpc) is 2.92. The zero-order chi connectivity index (χ0) is 12.6. The Hall–Kier alpha value is -1.27. The summed E-state index contributed by atoms with van der Waals surface area (Å²) in [5.41, 5.74) is 0. The van der Waals surface area contributed by atoms with Gasteiger partial charge in [0.05, 0.1) is 16.8 Å². The van der Waals surface area contributed by atoms with Crippen LogP contribution in [0.25, 0.3) is 0 Å². The maximum atomic E-state index is 12.3. The maximum Gasteiger partial charge on any atom is 0.183 e. The Labute approximate surface area is 106 Å². The Morgan fingerprint density at radius 2 is 1.83 bits per heavy atom. The van der Waals surface area contributed by atoms with Crippen LogP contribution in [0.4, 0.5) is 0 Å². The van der Waals surface area contributed by atoms with Crippen molar-refractivity contribution >= 4 is 9.84 Å². The van der Waals surface area contributed by atoms with E-state index in [4.69, 9.17) is 14.2 Å². The van der Waals surface area contributed by atoms with E-state index in [1.165, 1.54) is 0 Å². The predicted molar refractivity (Wildman–Crippen MR) is 63.8 cm³/mol. The Bertz CT molecular complexity index is 546. The molecule has 2 heterocycles. The van der Waals surface area contributed by atoms with Gasteiger partial charge < -0.3 is 14.2 Å². The first-order chi connectivity index (χ1) is 8.68. The fourth-order valence-corrected chi connectivity index (χ4v) is 3.75. The molecule has 6 heteroatoms. The molecule has 0 saturated carbocycles. The van der Waals surface area contributed by atoms with Gasteiger partial charge in [0.25, 0.3) is 0 Å². The molecular formula is C12H14O5S. The molecule has 1 fully saturated rings. The second-order valence-electron chi connectivity index (χ2n) is 4.34. The van der Waals surface area contributed by atoms with Crippen LogP contribution in [0.3, 0.4) is 0 Å². The predicted octanol–water partition coefficient (Wildman–Crippen LogP) is 1.02. The number of rotatable bonds is 2. The zero-order valence-electron chi connectivity index (χ0n) is 9.79. The number of sulfone groups is 1. The van der Waals surface area contributed by atoms with Crippen LogP contribution in [0.5, 0.6) is 11.5 Å². The van der Waals surface area contributed by atoms with Crippen molar-refractivity contribution in [2.24, 2.45) is 0 Å². The van der Waals surface area contributed by atoms with Crippen LogP contribution in [-0.2, 0) is 14.6 Å². The van der Waals surface area contributed by atoms with Crippen molar-refractivity contribution in [1.29, 1.82) is 0 Å². The van der Waals surface area contributed by atoms with Gasteiger partial charge >= 0.3 is 0 Å². The van der Waals surface area contributed by atoms with Gasteiger partial charge in [-0.05, 0) is 18.6 Å². The molecule has 5 nitrogen and oxygen atoms in total. The summed E-state index contributed by atoms with van der Waals surface area (Å²) in [6.07, 6.45) is 0.552. The minimum atomic E-state index is -3.33. The van der Waals surface area contributed by atoms with Gasteiger partial charge in [0.15, 0.2) is 21.3 Å². The van der Waals surface area contributed by atoms with E-state index >= 15 is 0 Å². The topological polar surface area (TPSA) is 61.8 Å². The van der Waals surface area contributed by atoms with Crippen LogP contribution in [-0.4, -0.2) is 40.1 Å². The third-order valence-electron chi connectivity index (χ3n) is 3.17. The van der Waals surface area contributed by atoms with Gasteiger partial charge in [-0.1, -0.05) is 0 Å². The molecule has 1 aromatic rings. The van der Waals surface area contributed by atoms with Gasteiger partial charge in [0.1, 0.15) is 13.2 Å². The van der Waals surface area contributed by atoms with Crippen LogP contribution in [0.2, 0.25) is 0 Å². The quantitative estimate of drug-likeness (QED) is 0.803. The Morgan fingerprint density at radius 3 is 2.56 bits per heavy atom. The molecule has 0 amide bonds. The van der Waals surface area contributed by atoms with E-state index in [1.54, 1.807) is 18.2 Å². The molecular weight excluding hydrogens is 256 g/mol. The highest BCUT2D eigenvalue weighted by molar-refractivity contribution is 7.92. The highest BCUT2D eigenvalue weighted by Crippen LogP contribution is 2.34. The van der Waals surface area contributed by atoms with Crippen LogP contribution < -0.4 is 9.47 Å². The molecule has 0 spiro atoms. The van der Waals surface area contributed by atoms with Gasteiger partial charge in [-0.3, -0.25) is 0 Å². The monoisotopic (exact) mass is 270 g/mol. The van der Waals surface area contributed by atoms with E-state index < -0.39 is 15.1 Å². The molecule has 2 aliphatic rings. The van der Waals surface area contributed by atoms with E-state index in [1.807, 2.05) is 0 Å². The lowest BCUT2D eigenvalue weighted by atomic mass is 10.3. The van der Waals surface area contributed by atoms with Crippen molar-refractivity contribution in [3.63, 3.8) is 0 Å². The summed E-state index contributed by atoms with van der Waals surface area (Å²) >= 11 is 0. The van der Waals surface area contributed by atoms with Gasteiger partial charge in [-0.2, -0.15) is 0 Å². The minimum absolute atomic E-state index is 0.275. The first kappa shape index (κ1) is 11.8. The van der Waals surface area contributed by atoms with Crippen LogP contribution in [0, 0.1) is 0 Å². The lowest BCUT2D eigenvalue weighted by Gasteiger charge is -2.19. The van der Waals surface area contributed by atoms with E-state index in [-0.39, 0.29) is 11.5 Å². The number of benzene rings is 1. The Kier molecular flexibility index (Phi) is 2.91. The molecule has 0 aromatic heterocycles. The number of ether oxygens (including phenoxy) is 3. The highest BCUT2D eigenvalue weighted by Gasteiger charge is 2.32. The van der Waals surface area contributed by atoms with Crippen molar-refractivity contribution in [2.75, 3.05) is 26.4 Å². The molecule has 3 rings (SSSR count). The first-order valence-corrected chi connectivity index (χ1v) is 7.44. The smallest absolute Gasteiger partial charge is 0.183 e. The molecule has 1 saturated heterocycles. The van der Waals surface area contributed by atoms with E-state index in [0.717, 1.165) is 0 Å². The van der Waals surface area contributed by atoms with Crippen molar-refractivity contribution < 1.29 is 22.6 Å². The van der Waals surface area contributed by atoms with Crippen molar-refractivity contribution in [1.82, 2.24) is 0 Å². The molecule has 0 bridgehead atoms. The lowest BCUT2D eigenvalue weighted by Crippen LogP contribution is -2.22. The molecule has 0 aliphatic carbocycles. The second kappa shape index (κ2) is 4.44. The normalized spacial score (nSPS) is 23.0. The Balaban J connectivity index is 1.96. The van der Waals surface area contributed by atoms with Gasteiger partial charge in [0, 0.05) is 12.7 Å². The summed E-state index contributed by atoms with van der Waals surface area (Å²) in [5.74, 6) is 1.10. The largest absolute Gasteiger partial charge is 0.486 e. The Morgan fingerprint density at radius 1 is 1.06 bits per heavy atom. The van der Waals surface area contributed by atoms with Crippen LogP contribution >= 0.6 is 0 Å². The van der Waals surface area contributed by atoms with Gasteiger partial charge in [0.2, 0.25) is 0 Å². The molecule has 98 valence electrons. The molecule has 1 atom stereocenters. The third-order valence-corrected chi connectivity index (χ3v) is 5.33. The number of fused-ring (bicyclic) bond motifs is 1. The first-order valence-electron chi connectivity index (χ1n) is 5.89. The fourth-order valence-electron chi connectivity index (χ4n) is 2.15. The van der Waals surface area contributed by atoms with Crippen LogP contribution in [0.1, 0.15) is 6.42 Å². The van der Waals surface area contributed by atoms with Crippen LogP contribution in [0.15, 0.2) is 23.1 Å². The summed E-state index contributed by atoms with van der Waals surface area (Å²) in [5, 5.41) is -0.444. The van der Waals surface area contributed by atoms with Gasteiger partial charge in [-0.15, -0.1) is 0 Å². The summed E-state index contributed by atoms with van der Waals surface area (Å²) in [7, 11) is -3.33. The van der Waals surface area contributed by atoms with Crippen molar-refractivity contribution in [3.8, 4) is 11.5 Å². The summed E-state index contributed by atoms with van der Waals surface area (Å²) in [6, 6.07) is 4.76. The van der Waals surface area contributed by atoms with E-state index in [9.17, 15) is 8.42 Å². The zero-order valence-corrected chi connectivity index (χ0v) is 10.6. The fraction of sp³-hybridized carbons (Fsp3) is 0.500. The lowest BCUT2D eigenvalue weighted by molar-refractivity contribution is 0.171. The molecule has 2 aliphatic heterocycles. The average molecular weight is 270 g/mol. The summed E-state index contributed by atoms with van der Waals surface area (Å²) in [6.45, 7) is 1.73. The third kappa shape index (κ3) is 1.95. The molecule has 0 N–H and O–H groups in total. The molecule has 1 aromatic carbocycles. The highest BCUT2D eigenvalue weighted by atomic mass is 32.2. The maximum absolute atomic E-state index is 12.3. The minimum Gasteiger partial charge on any atom is -0.486 e. The summed E-state index contributed by atoms with van der Waals surface area (Å²) in [4.78, 5) is 0.280. The van der Waals surface area contributed by atoms with Crippen molar-refractivity contribution in [2.45, 2.75) is 16.6 Å². The second-order valence-corrected chi connectivity index (χ2v) is 6.56. The van der Waals surface area contributed by atoms with Crippen molar-refractivity contribution in [3.05, 3.63) is 18.2 Å². The number of hydrogen-bond donors (Lipinski definition) is 0. The van der Waals surface area contributed by atoms with E-state index in [2.05, 4.69) is 0 Å². The summed E-state index contributed by atoms with van der Waals surface area (Å²) < 4.78 is 40.6. The standard InChI is InChI=1S/C12H14O5S/c13-18(14,10-3-4-15-8-10)9-1-2-11-12(7-9)17-6-5-16-11/h1-2,7,10H,3-6,8H2. The SMILES string of the molecule is O=S(=O)(c1ccc2c(c1)OCCO2)C1CCOC1. The van der Waals surface area contributed by atoms with Gasteiger partial charge in [-0.25, -0.2) is 8.42 Å². The van der Waals surface area contributed by atoms with E-state index in [0.29, 0.717) is 37.7 Å². The molecule has 1 unspecified atom stereocenters.